The summed E-state index contributed by atoms with van der Waals surface area (Å²) in [6.07, 6.45) is -0.865. The SMILES string of the molecule is CO/N=C(\C(=O)OC)c1csc(NC(=O)OCC(Cl)(Cl)Cl)n1. The predicted molar refractivity (Wildman–Crippen MR) is 82.9 cm³/mol. The second-order valence-electron chi connectivity index (χ2n) is 3.47. The summed E-state index contributed by atoms with van der Waals surface area (Å²) in [6, 6.07) is 0. The number of ether oxygens (including phenoxy) is 2. The number of carbonyl (C=O) groups excluding carboxylic acids is 2. The van der Waals surface area contributed by atoms with Gasteiger partial charge in [0.05, 0.1) is 7.11 Å². The first-order valence-electron chi connectivity index (χ1n) is 5.42. The fraction of sp³-hybridized carbons (Fsp3) is 0.400. The fourth-order valence-electron chi connectivity index (χ4n) is 1.09. The minimum atomic E-state index is -1.71. The number of hydrogen-bond donors (Lipinski definition) is 1. The van der Waals surface area contributed by atoms with E-state index in [1.807, 2.05) is 0 Å². The summed E-state index contributed by atoms with van der Waals surface area (Å²) in [4.78, 5) is 31.5. The van der Waals surface area contributed by atoms with E-state index in [1.165, 1.54) is 19.6 Å². The molecule has 0 radical (unpaired) electrons. The average Bonchev–Trinajstić information content (AvgIpc) is 2.89. The van der Waals surface area contributed by atoms with Gasteiger partial charge in [0.25, 0.3) is 0 Å². The number of halogens is 3. The molecule has 1 rings (SSSR count). The van der Waals surface area contributed by atoms with Gasteiger partial charge in [-0.1, -0.05) is 40.0 Å². The number of alkyl halides is 3. The highest BCUT2D eigenvalue weighted by atomic mass is 35.6. The molecule has 0 aliphatic heterocycles. The van der Waals surface area contributed by atoms with Crippen LogP contribution in [0.1, 0.15) is 5.69 Å². The number of aromatic nitrogens is 1. The van der Waals surface area contributed by atoms with Crippen molar-refractivity contribution in [1.29, 1.82) is 0 Å². The molecular weight excluding hydrogens is 381 g/mol. The molecule has 22 heavy (non-hydrogen) atoms. The Hall–Kier alpha value is -1.29. The Bertz CT molecular complexity index is 572. The molecule has 0 spiro atoms. The van der Waals surface area contributed by atoms with Crippen molar-refractivity contribution in [2.75, 3.05) is 26.1 Å². The molecule has 0 aliphatic rings. The van der Waals surface area contributed by atoms with E-state index in [4.69, 9.17) is 34.8 Å². The van der Waals surface area contributed by atoms with Crippen molar-refractivity contribution in [2.45, 2.75) is 3.79 Å². The van der Waals surface area contributed by atoms with E-state index in [0.29, 0.717) is 0 Å². The fourth-order valence-corrected chi connectivity index (χ4v) is 1.93. The number of amides is 1. The number of methoxy groups -OCH3 is 1. The van der Waals surface area contributed by atoms with Crippen LogP contribution in [-0.2, 0) is 19.1 Å². The van der Waals surface area contributed by atoms with Crippen molar-refractivity contribution >= 4 is 69.0 Å². The maximum atomic E-state index is 11.5. The van der Waals surface area contributed by atoms with Gasteiger partial charge in [0.2, 0.25) is 9.50 Å². The molecule has 1 aromatic heterocycles. The van der Waals surface area contributed by atoms with E-state index in [1.54, 1.807) is 0 Å². The Morgan fingerprint density at radius 3 is 2.64 bits per heavy atom. The van der Waals surface area contributed by atoms with Crippen LogP contribution in [0, 0.1) is 0 Å². The minimum absolute atomic E-state index is 0.149. The first-order chi connectivity index (χ1) is 10.3. The predicted octanol–water partition coefficient (Wildman–Crippen LogP) is 2.59. The highest BCUT2D eigenvalue weighted by Crippen LogP contribution is 2.26. The van der Waals surface area contributed by atoms with Crippen LogP contribution in [0.2, 0.25) is 0 Å². The van der Waals surface area contributed by atoms with Gasteiger partial charge < -0.3 is 14.3 Å². The molecule has 1 aromatic rings. The van der Waals surface area contributed by atoms with E-state index in [2.05, 4.69) is 29.8 Å². The number of hydrogen-bond acceptors (Lipinski definition) is 8. The molecular formula is C10H10Cl3N3O5S. The van der Waals surface area contributed by atoms with Crippen molar-refractivity contribution in [3.8, 4) is 0 Å². The molecule has 0 bridgehead atoms. The largest absolute Gasteiger partial charge is 0.464 e. The summed E-state index contributed by atoms with van der Waals surface area (Å²) >= 11 is 17.4. The van der Waals surface area contributed by atoms with Gasteiger partial charge in [-0.15, -0.1) is 11.3 Å². The van der Waals surface area contributed by atoms with Crippen LogP contribution in [0.25, 0.3) is 0 Å². The highest BCUT2D eigenvalue weighted by Gasteiger charge is 2.23. The van der Waals surface area contributed by atoms with E-state index < -0.39 is 22.5 Å². The zero-order chi connectivity index (χ0) is 16.8. The Morgan fingerprint density at radius 2 is 2.09 bits per heavy atom. The van der Waals surface area contributed by atoms with Gasteiger partial charge in [-0.25, -0.2) is 14.6 Å². The van der Waals surface area contributed by atoms with E-state index in [9.17, 15) is 9.59 Å². The molecule has 1 heterocycles. The molecule has 0 aliphatic carbocycles. The second-order valence-corrected chi connectivity index (χ2v) is 6.84. The third-order valence-electron chi connectivity index (χ3n) is 1.88. The number of carbonyl (C=O) groups is 2. The number of rotatable bonds is 5. The molecule has 0 aromatic carbocycles. The van der Waals surface area contributed by atoms with Gasteiger partial charge in [-0.3, -0.25) is 5.32 Å². The van der Waals surface area contributed by atoms with Gasteiger partial charge in [0, 0.05) is 5.38 Å². The normalized spacial score (nSPS) is 11.8. The zero-order valence-electron chi connectivity index (χ0n) is 11.3. The molecule has 0 fully saturated rings. The first kappa shape index (κ1) is 18.8. The van der Waals surface area contributed by atoms with Crippen LogP contribution >= 0.6 is 46.1 Å². The van der Waals surface area contributed by atoms with Gasteiger partial charge >= 0.3 is 12.1 Å². The van der Waals surface area contributed by atoms with E-state index in [0.717, 1.165) is 11.3 Å². The van der Waals surface area contributed by atoms with Crippen molar-refractivity contribution in [3.63, 3.8) is 0 Å². The summed E-state index contributed by atoms with van der Waals surface area (Å²) < 4.78 is 7.50. The molecule has 8 nitrogen and oxygen atoms in total. The standard InChI is InChI=1S/C10H10Cl3N3O5S/c1-19-7(17)6(16-20-2)5-3-22-8(14-5)15-9(18)21-4-10(11,12)13/h3H,4H2,1-2H3,(H,14,15,18)/b16-6-. The van der Waals surface area contributed by atoms with Gasteiger partial charge in [0.15, 0.2) is 5.13 Å². The smallest absolute Gasteiger partial charge is 0.413 e. The summed E-state index contributed by atoms with van der Waals surface area (Å²) in [7, 11) is 2.45. The monoisotopic (exact) mass is 389 g/mol. The topological polar surface area (TPSA) is 99.1 Å². The Morgan fingerprint density at radius 1 is 1.41 bits per heavy atom. The highest BCUT2D eigenvalue weighted by molar-refractivity contribution is 7.14. The molecule has 0 saturated carbocycles. The third-order valence-corrected chi connectivity index (χ3v) is 2.97. The number of nitrogens with zero attached hydrogens (tertiary/aromatic N) is 2. The molecule has 0 saturated heterocycles. The summed E-state index contributed by atoms with van der Waals surface area (Å²) in [6.45, 7) is -0.430. The zero-order valence-corrected chi connectivity index (χ0v) is 14.3. The molecule has 122 valence electrons. The number of esters is 1. The lowest BCUT2D eigenvalue weighted by molar-refractivity contribution is -0.132. The lowest BCUT2D eigenvalue weighted by atomic mass is 10.3. The van der Waals surface area contributed by atoms with Crippen molar-refractivity contribution in [2.24, 2.45) is 5.16 Å². The quantitative estimate of drug-likeness (QED) is 0.359. The lowest BCUT2D eigenvalue weighted by Crippen LogP contribution is -2.21. The number of anilines is 1. The van der Waals surface area contributed by atoms with Crippen LogP contribution in [0.4, 0.5) is 9.93 Å². The Labute approximate surface area is 144 Å². The molecule has 12 heteroatoms. The summed E-state index contributed by atoms with van der Waals surface area (Å²) in [5, 5.41) is 7.45. The van der Waals surface area contributed by atoms with Crippen LogP contribution < -0.4 is 5.32 Å². The van der Waals surface area contributed by atoms with Crippen LogP contribution in [-0.4, -0.2) is 47.4 Å². The van der Waals surface area contributed by atoms with Crippen LogP contribution in [0.3, 0.4) is 0 Å². The van der Waals surface area contributed by atoms with Gasteiger partial charge in [-0.2, -0.15) is 0 Å². The maximum Gasteiger partial charge on any atom is 0.413 e. The second kappa shape index (κ2) is 8.37. The van der Waals surface area contributed by atoms with Crippen molar-refractivity contribution in [3.05, 3.63) is 11.1 Å². The lowest BCUT2D eigenvalue weighted by Gasteiger charge is -2.10. The first-order valence-corrected chi connectivity index (χ1v) is 7.44. The van der Waals surface area contributed by atoms with Gasteiger partial charge in [-0.05, 0) is 0 Å². The molecule has 0 atom stereocenters. The molecule has 0 unspecified atom stereocenters. The Kier molecular flexibility index (Phi) is 7.14. The summed E-state index contributed by atoms with van der Waals surface area (Å²) in [5.41, 5.74) is 0.0133. The van der Waals surface area contributed by atoms with Crippen LogP contribution in [0.15, 0.2) is 10.5 Å². The molecule has 1 amide bonds. The summed E-state index contributed by atoms with van der Waals surface area (Å²) in [5.74, 6) is -0.738. The minimum Gasteiger partial charge on any atom is -0.464 e. The van der Waals surface area contributed by atoms with Gasteiger partial charge in [0.1, 0.15) is 19.4 Å². The average molecular weight is 391 g/mol. The van der Waals surface area contributed by atoms with Crippen LogP contribution in [0.5, 0.6) is 0 Å². The van der Waals surface area contributed by atoms with E-state index in [-0.39, 0.29) is 16.5 Å². The number of nitrogens with one attached hydrogen (secondary N) is 1. The van der Waals surface area contributed by atoms with E-state index >= 15 is 0 Å². The number of thiazole rings is 1. The maximum absolute atomic E-state index is 11.5. The molecule has 1 N–H and O–H groups in total. The van der Waals surface area contributed by atoms with Crippen molar-refractivity contribution < 1.29 is 23.9 Å². The third kappa shape index (κ3) is 6.22. The van der Waals surface area contributed by atoms with Crippen molar-refractivity contribution in [1.82, 2.24) is 4.98 Å². The number of oxime groups is 1. The Balaban J connectivity index is 2.73.